The molecule has 4 unspecified atom stereocenters. The maximum atomic E-state index is 12.9. The van der Waals surface area contributed by atoms with Gasteiger partial charge in [0.25, 0.3) is 0 Å². The molecular formula is C19H25Cl2NO2. The Balaban J connectivity index is 1.63. The highest BCUT2D eigenvalue weighted by molar-refractivity contribution is 6.35. The maximum Gasteiger partial charge on any atom is 0.226 e. The fourth-order valence-corrected chi connectivity index (χ4v) is 4.73. The molecule has 4 atom stereocenters. The molecule has 5 heteroatoms. The molecule has 1 aromatic rings. The molecule has 2 fully saturated rings. The highest BCUT2D eigenvalue weighted by atomic mass is 35.5. The van der Waals surface area contributed by atoms with E-state index in [1.54, 1.807) is 13.2 Å². The molecule has 24 heavy (non-hydrogen) atoms. The van der Waals surface area contributed by atoms with Gasteiger partial charge >= 0.3 is 0 Å². The summed E-state index contributed by atoms with van der Waals surface area (Å²) in [5, 5.41) is 1.29. The molecule has 1 aromatic carbocycles. The number of nitrogens with zero attached hydrogens (tertiary/aromatic N) is 1. The van der Waals surface area contributed by atoms with E-state index in [-0.39, 0.29) is 11.8 Å². The van der Waals surface area contributed by atoms with Crippen molar-refractivity contribution in [3.05, 3.63) is 33.8 Å². The third-order valence-electron chi connectivity index (χ3n) is 5.64. The van der Waals surface area contributed by atoms with Gasteiger partial charge in [-0.25, -0.2) is 0 Å². The lowest BCUT2D eigenvalue weighted by Gasteiger charge is -2.38. The van der Waals surface area contributed by atoms with Crippen molar-refractivity contribution in [2.75, 3.05) is 13.7 Å². The zero-order valence-electron chi connectivity index (χ0n) is 14.3. The molecule has 1 saturated heterocycles. The molecule has 3 nitrogen and oxygen atoms in total. The minimum Gasteiger partial charge on any atom is -0.381 e. The number of methoxy groups -OCH3 is 1. The van der Waals surface area contributed by atoms with Crippen LogP contribution >= 0.6 is 23.2 Å². The summed E-state index contributed by atoms with van der Waals surface area (Å²) in [6.45, 7) is 3.09. The molecule has 0 aromatic heterocycles. The summed E-state index contributed by atoms with van der Waals surface area (Å²) in [4.78, 5) is 15.0. The van der Waals surface area contributed by atoms with E-state index in [4.69, 9.17) is 27.9 Å². The van der Waals surface area contributed by atoms with E-state index in [0.29, 0.717) is 34.5 Å². The Morgan fingerprint density at radius 3 is 2.71 bits per heavy atom. The van der Waals surface area contributed by atoms with Gasteiger partial charge in [-0.15, -0.1) is 0 Å². The number of hydrogen-bond donors (Lipinski definition) is 0. The third-order valence-corrected chi connectivity index (χ3v) is 6.23. The van der Waals surface area contributed by atoms with Crippen molar-refractivity contribution in [2.45, 2.75) is 51.2 Å². The predicted octanol–water partition coefficient (Wildman–Crippen LogP) is 4.59. The van der Waals surface area contributed by atoms with Crippen molar-refractivity contribution in [2.24, 2.45) is 11.8 Å². The molecule has 0 bridgehead atoms. The van der Waals surface area contributed by atoms with Crippen LogP contribution in [0.5, 0.6) is 0 Å². The average molecular weight is 370 g/mol. The summed E-state index contributed by atoms with van der Waals surface area (Å²) < 4.78 is 5.54. The van der Waals surface area contributed by atoms with Gasteiger partial charge in [0, 0.05) is 35.7 Å². The summed E-state index contributed by atoms with van der Waals surface area (Å²) in [6.07, 6.45) is 5.08. The molecular weight excluding hydrogens is 345 g/mol. The minimum atomic E-state index is 0.0409. The zero-order chi connectivity index (χ0) is 17.3. The molecule has 1 amide bonds. The first kappa shape index (κ1) is 18.0. The molecule has 1 aliphatic heterocycles. The van der Waals surface area contributed by atoms with Crippen LogP contribution in [0.1, 0.15) is 38.2 Å². The smallest absolute Gasteiger partial charge is 0.226 e. The Morgan fingerprint density at radius 2 is 2.04 bits per heavy atom. The van der Waals surface area contributed by atoms with E-state index in [9.17, 15) is 4.79 Å². The van der Waals surface area contributed by atoms with Gasteiger partial charge in [0.1, 0.15) is 0 Å². The highest BCUT2D eigenvalue weighted by Crippen LogP contribution is 2.34. The van der Waals surface area contributed by atoms with Crippen LogP contribution in [-0.2, 0) is 16.0 Å². The molecule has 1 saturated carbocycles. The Morgan fingerprint density at radius 1 is 1.25 bits per heavy atom. The lowest BCUT2D eigenvalue weighted by molar-refractivity contribution is -0.134. The van der Waals surface area contributed by atoms with Crippen molar-refractivity contribution < 1.29 is 9.53 Å². The summed E-state index contributed by atoms with van der Waals surface area (Å²) in [7, 11) is 1.79. The quantitative estimate of drug-likeness (QED) is 0.776. The molecule has 3 rings (SSSR count). The minimum absolute atomic E-state index is 0.0409. The van der Waals surface area contributed by atoms with E-state index in [0.717, 1.165) is 37.8 Å². The van der Waals surface area contributed by atoms with Crippen molar-refractivity contribution in [3.63, 3.8) is 0 Å². The van der Waals surface area contributed by atoms with Crippen LogP contribution in [-0.4, -0.2) is 36.6 Å². The van der Waals surface area contributed by atoms with Crippen molar-refractivity contribution in [3.8, 4) is 0 Å². The van der Waals surface area contributed by atoms with Gasteiger partial charge in [0.05, 0.1) is 6.10 Å². The number of hydrogen-bond acceptors (Lipinski definition) is 2. The number of rotatable bonds is 4. The second kappa shape index (κ2) is 7.63. The second-order valence-corrected chi connectivity index (χ2v) is 8.02. The van der Waals surface area contributed by atoms with Crippen LogP contribution in [0.3, 0.4) is 0 Å². The van der Waals surface area contributed by atoms with Crippen LogP contribution in [0.4, 0.5) is 0 Å². The summed E-state index contributed by atoms with van der Waals surface area (Å²) >= 11 is 12.2. The van der Waals surface area contributed by atoms with E-state index >= 15 is 0 Å². The van der Waals surface area contributed by atoms with Gasteiger partial charge in [0.2, 0.25) is 5.91 Å². The predicted molar refractivity (Wildman–Crippen MR) is 97.6 cm³/mol. The van der Waals surface area contributed by atoms with E-state index in [2.05, 4.69) is 11.8 Å². The highest BCUT2D eigenvalue weighted by Gasteiger charge is 2.39. The zero-order valence-corrected chi connectivity index (χ0v) is 15.8. The summed E-state index contributed by atoms with van der Waals surface area (Å²) in [5.74, 6) is 0.833. The number of likely N-dealkylation sites (tertiary alicyclic amines) is 1. The number of benzene rings is 1. The van der Waals surface area contributed by atoms with Gasteiger partial charge in [-0.1, -0.05) is 36.2 Å². The van der Waals surface area contributed by atoms with Gasteiger partial charge in [0.15, 0.2) is 0 Å². The number of halogens is 2. The van der Waals surface area contributed by atoms with Gasteiger partial charge < -0.3 is 9.64 Å². The van der Waals surface area contributed by atoms with Gasteiger partial charge in [-0.3, -0.25) is 4.79 Å². The second-order valence-electron chi connectivity index (χ2n) is 7.18. The number of amides is 1. The van der Waals surface area contributed by atoms with Crippen LogP contribution in [0.15, 0.2) is 18.2 Å². The monoisotopic (exact) mass is 369 g/mol. The molecule has 2 aliphatic rings. The van der Waals surface area contributed by atoms with Crippen LogP contribution in [0, 0.1) is 11.8 Å². The lowest BCUT2D eigenvalue weighted by atomic mass is 9.83. The van der Waals surface area contributed by atoms with Crippen LogP contribution in [0.2, 0.25) is 10.0 Å². The number of carbonyl (C=O) groups excluding carboxylic acids is 1. The lowest BCUT2D eigenvalue weighted by Crippen LogP contribution is -2.44. The molecule has 0 radical (unpaired) electrons. The summed E-state index contributed by atoms with van der Waals surface area (Å²) in [5.41, 5.74) is 1.01. The fourth-order valence-electron chi connectivity index (χ4n) is 4.24. The van der Waals surface area contributed by atoms with Gasteiger partial charge in [-0.05, 0) is 55.7 Å². The van der Waals surface area contributed by atoms with E-state index in [1.807, 2.05) is 12.1 Å². The van der Waals surface area contributed by atoms with E-state index in [1.165, 1.54) is 0 Å². The van der Waals surface area contributed by atoms with Crippen LogP contribution < -0.4 is 0 Å². The third kappa shape index (κ3) is 3.74. The number of ether oxygens (including phenoxy) is 1. The SMILES string of the molecule is COC1CCC(N2CCC(Cc3ccc(Cl)cc3Cl)C2=O)CC1C. The summed E-state index contributed by atoms with van der Waals surface area (Å²) in [6, 6.07) is 5.90. The van der Waals surface area contributed by atoms with Gasteiger partial charge in [-0.2, -0.15) is 0 Å². The Kier molecular flexibility index (Phi) is 5.74. The maximum absolute atomic E-state index is 12.9. The van der Waals surface area contributed by atoms with Crippen molar-refractivity contribution in [1.82, 2.24) is 4.90 Å². The molecule has 0 N–H and O–H groups in total. The van der Waals surface area contributed by atoms with Crippen molar-refractivity contribution >= 4 is 29.1 Å². The fraction of sp³-hybridized carbons (Fsp3) is 0.632. The van der Waals surface area contributed by atoms with E-state index < -0.39 is 0 Å². The van der Waals surface area contributed by atoms with Crippen molar-refractivity contribution in [1.29, 1.82) is 0 Å². The van der Waals surface area contributed by atoms with Crippen LogP contribution in [0.25, 0.3) is 0 Å². The topological polar surface area (TPSA) is 29.5 Å². The first-order valence-electron chi connectivity index (χ1n) is 8.76. The average Bonchev–Trinajstić information content (AvgIpc) is 2.91. The Bertz CT molecular complexity index is 607. The molecule has 0 spiro atoms. The normalized spacial score (nSPS) is 30.8. The molecule has 132 valence electrons. The first-order valence-corrected chi connectivity index (χ1v) is 9.52. The Labute approximate surface area is 154 Å². The largest absolute Gasteiger partial charge is 0.381 e. The standard InChI is InChI=1S/C19H25Cl2NO2/c1-12-9-16(5-6-18(12)24-2)22-8-7-14(19(22)23)10-13-3-4-15(20)11-17(13)21/h3-4,11-12,14,16,18H,5-10H2,1-2H3. The Hall–Kier alpha value is -0.770. The molecule has 1 aliphatic carbocycles. The molecule has 1 heterocycles. The first-order chi connectivity index (χ1) is 11.5. The number of carbonyl (C=O) groups is 1.